The van der Waals surface area contributed by atoms with E-state index >= 15 is 0 Å². The van der Waals surface area contributed by atoms with Crippen molar-refractivity contribution in [1.29, 1.82) is 0 Å². The molecule has 4 atom stereocenters. The van der Waals surface area contributed by atoms with Crippen molar-refractivity contribution in [3.05, 3.63) is 68.7 Å². The van der Waals surface area contributed by atoms with E-state index in [2.05, 4.69) is 5.32 Å². The molecule has 41 heavy (non-hydrogen) atoms. The van der Waals surface area contributed by atoms with Gasteiger partial charge in [0.05, 0.1) is 39.4 Å². The maximum Gasteiger partial charge on any atom is 0.416 e. The van der Waals surface area contributed by atoms with Gasteiger partial charge in [-0.05, 0) is 36.8 Å². The summed E-state index contributed by atoms with van der Waals surface area (Å²) in [5, 5.41) is 2.39. The molecule has 0 aliphatic carbocycles. The van der Waals surface area contributed by atoms with Crippen LogP contribution in [0, 0.1) is 11.8 Å². The van der Waals surface area contributed by atoms with Crippen LogP contribution in [0.25, 0.3) is 0 Å². The molecule has 2 aromatic carbocycles. The lowest BCUT2D eigenvalue weighted by Crippen LogP contribution is -2.54. The zero-order valence-electron chi connectivity index (χ0n) is 19.9. The fourth-order valence-corrected chi connectivity index (χ4v) is 7.08. The molecule has 16 heteroatoms. The zero-order chi connectivity index (χ0) is 30.0. The van der Waals surface area contributed by atoms with Gasteiger partial charge in [-0.25, -0.2) is 4.90 Å². The van der Waals surface area contributed by atoms with Gasteiger partial charge in [-0.15, -0.1) is 0 Å². The first-order valence-electron chi connectivity index (χ1n) is 11.8. The summed E-state index contributed by atoms with van der Waals surface area (Å²) in [6, 6.07) is 1.56. The van der Waals surface area contributed by atoms with Crippen molar-refractivity contribution >= 4 is 52.3 Å². The van der Waals surface area contributed by atoms with E-state index in [-0.39, 0.29) is 44.4 Å². The lowest BCUT2D eigenvalue weighted by Gasteiger charge is -2.36. The minimum absolute atomic E-state index is 0.0161. The lowest BCUT2D eigenvalue weighted by atomic mass is 9.75. The normalized spacial score (nSPS) is 27.6. The second kappa shape index (κ2) is 8.65. The number of anilines is 2. The van der Waals surface area contributed by atoms with Gasteiger partial charge in [0, 0.05) is 28.7 Å². The summed E-state index contributed by atoms with van der Waals surface area (Å²) in [4.78, 5) is 42.8. The van der Waals surface area contributed by atoms with E-state index in [1.807, 2.05) is 0 Å². The molecule has 4 heterocycles. The van der Waals surface area contributed by atoms with Gasteiger partial charge in [-0.1, -0.05) is 23.2 Å². The molecule has 0 saturated carbocycles. The number of alkyl halides is 6. The van der Waals surface area contributed by atoms with E-state index in [1.54, 1.807) is 0 Å². The van der Waals surface area contributed by atoms with Crippen molar-refractivity contribution < 1.29 is 49.5 Å². The molecule has 0 radical (unpaired) electrons. The zero-order valence-corrected chi connectivity index (χ0v) is 21.4. The number of imide groups is 1. The standard InChI is InChI=1S/C25H13Cl2F8N3O3/c26-11-5-13-18(14(27)6-11)36-22(41)23(13)17-16(15-1-8(19(28)29)7-37(15)23)20(39)38(21(17)40)12-3-9(24(30,31)32)2-10(4-12)25(33,34)35/h2-6,15-17H,1,7H2,(H,36,41). The summed E-state index contributed by atoms with van der Waals surface area (Å²) in [6.07, 6.45) is -13.1. The van der Waals surface area contributed by atoms with Crippen LogP contribution in [0.15, 0.2) is 42.0 Å². The van der Waals surface area contributed by atoms with Crippen molar-refractivity contribution in [1.82, 2.24) is 4.90 Å². The van der Waals surface area contributed by atoms with Crippen LogP contribution in [-0.2, 0) is 32.3 Å². The molecular weight excluding hydrogens is 613 g/mol. The van der Waals surface area contributed by atoms with Gasteiger partial charge in [-0.3, -0.25) is 19.3 Å². The second-order valence-corrected chi connectivity index (χ2v) is 10.9. The highest BCUT2D eigenvalue weighted by Crippen LogP contribution is 2.62. The Morgan fingerprint density at radius 2 is 1.51 bits per heavy atom. The molecule has 4 unspecified atom stereocenters. The molecule has 4 aliphatic rings. The Hall–Kier alpha value is -3.23. The Morgan fingerprint density at radius 1 is 0.902 bits per heavy atom. The largest absolute Gasteiger partial charge is 0.416 e. The predicted octanol–water partition coefficient (Wildman–Crippen LogP) is 6.22. The van der Waals surface area contributed by atoms with Crippen LogP contribution in [0.4, 0.5) is 46.5 Å². The molecule has 3 saturated heterocycles. The lowest BCUT2D eigenvalue weighted by molar-refractivity contribution is -0.143. The van der Waals surface area contributed by atoms with Crippen LogP contribution in [-0.4, -0.2) is 35.2 Å². The number of carbonyl (C=O) groups is 3. The minimum atomic E-state index is -5.28. The number of nitrogens with one attached hydrogen (secondary N) is 1. The van der Waals surface area contributed by atoms with E-state index in [1.165, 1.54) is 17.0 Å². The Kier molecular flexibility index (Phi) is 5.89. The fourth-order valence-electron chi connectivity index (χ4n) is 6.54. The van der Waals surface area contributed by atoms with Gasteiger partial charge >= 0.3 is 12.4 Å². The van der Waals surface area contributed by atoms with Gasteiger partial charge in [0.2, 0.25) is 11.8 Å². The maximum atomic E-state index is 14.0. The third kappa shape index (κ3) is 3.76. The van der Waals surface area contributed by atoms with Crippen molar-refractivity contribution in [3.63, 3.8) is 0 Å². The first kappa shape index (κ1) is 27.9. The predicted molar refractivity (Wildman–Crippen MR) is 127 cm³/mol. The number of nitrogens with zero attached hydrogens (tertiary/aromatic N) is 2. The third-order valence-electron chi connectivity index (χ3n) is 8.03. The van der Waals surface area contributed by atoms with Gasteiger partial charge < -0.3 is 5.32 Å². The van der Waals surface area contributed by atoms with Crippen molar-refractivity contribution in [2.45, 2.75) is 30.4 Å². The summed E-state index contributed by atoms with van der Waals surface area (Å²) in [7, 11) is 0. The van der Waals surface area contributed by atoms with E-state index in [0.717, 1.165) is 0 Å². The average Bonchev–Trinajstić information content (AvgIpc) is 3.54. The molecule has 2 aromatic rings. The highest BCUT2D eigenvalue weighted by atomic mass is 35.5. The number of carbonyl (C=O) groups excluding carboxylic acids is 3. The molecule has 1 N–H and O–H groups in total. The molecule has 1 spiro atoms. The number of halogens is 10. The smallest absolute Gasteiger partial charge is 0.323 e. The van der Waals surface area contributed by atoms with Gasteiger partial charge in [0.1, 0.15) is 5.54 Å². The third-order valence-corrected chi connectivity index (χ3v) is 8.55. The van der Waals surface area contributed by atoms with Crippen molar-refractivity contribution in [2.24, 2.45) is 11.8 Å². The number of hydrogen-bond acceptors (Lipinski definition) is 4. The highest BCUT2D eigenvalue weighted by molar-refractivity contribution is 6.38. The average molecular weight is 626 g/mol. The maximum absolute atomic E-state index is 14.0. The molecule has 6 rings (SSSR count). The highest BCUT2D eigenvalue weighted by Gasteiger charge is 2.75. The topological polar surface area (TPSA) is 69.7 Å². The Balaban J connectivity index is 1.58. The van der Waals surface area contributed by atoms with Crippen LogP contribution >= 0.6 is 23.2 Å². The fraction of sp³-hybridized carbons (Fsp3) is 0.320. The van der Waals surface area contributed by atoms with E-state index in [9.17, 15) is 49.5 Å². The molecule has 3 amide bonds. The number of amides is 3. The van der Waals surface area contributed by atoms with E-state index < -0.39 is 94.9 Å². The molecular formula is C25H13Cl2F8N3O3. The van der Waals surface area contributed by atoms with Crippen LogP contribution in [0.5, 0.6) is 0 Å². The number of rotatable bonds is 1. The van der Waals surface area contributed by atoms with E-state index in [0.29, 0.717) is 0 Å². The monoisotopic (exact) mass is 625 g/mol. The molecule has 6 nitrogen and oxygen atoms in total. The number of benzene rings is 2. The first-order chi connectivity index (χ1) is 19.0. The van der Waals surface area contributed by atoms with Gasteiger partial charge in [0.15, 0.2) is 0 Å². The van der Waals surface area contributed by atoms with Crippen LogP contribution < -0.4 is 10.2 Å². The second-order valence-electron chi connectivity index (χ2n) is 10.1. The van der Waals surface area contributed by atoms with Crippen LogP contribution in [0.3, 0.4) is 0 Å². The number of fused-ring (bicyclic) bond motifs is 7. The summed E-state index contributed by atoms with van der Waals surface area (Å²) in [5.41, 5.74) is -7.22. The van der Waals surface area contributed by atoms with Crippen molar-refractivity contribution in [2.75, 3.05) is 16.8 Å². The molecule has 3 fully saturated rings. The molecule has 216 valence electrons. The summed E-state index contributed by atoms with van der Waals surface area (Å²) in [6.45, 7) is -0.542. The van der Waals surface area contributed by atoms with Crippen LogP contribution in [0.2, 0.25) is 10.0 Å². The first-order valence-corrected chi connectivity index (χ1v) is 12.5. The summed E-state index contributed by atoms with van der Waals surface area (Å²) in [5.74, 6) is -6.71. The number of hydrogen-bond donors (Lipinski definition) is 1. The quantitative estimate of drug-likeness (QED) is 0.302. The van der Waals surface area contributed by atoms with Gasteiger partial charge in [-0.2, -0.15) is 35.1 Å². The molecule has 0 bridgehead atoms. The minimum Gasteiger partial charge on any atom is -0.323 e. The summed E-state index contributed by atoms with van der Waals surface area (Å²) < 4.78 is 109. The Bertz CT molecular complexity index is 1570. The Labute approximate surface area is 234 Å². The SMILES string of the molecule is O=C1C2C3CC(=C(F)F)CN3C3(C(=O)Nc4c(Cl)cc(Cl)cc43)C2C(=O)N1c1cc(C(F)(F)F)cc(C(F)(F)F)c1. The molecule has 4 aliphatic heterocycles. The van der Waals surface area contributed by atoms with E-state index in [4.69, 9.17) is 23.2 Å². The van der Waals surface area contributed by atoms with Crippen LogP contribution in [0.1, 0.15) is 23.1 Å². The summed E-state index contributed by atoms with van der Waals surface area (Å²) >= 11 is 12.4. The van der Waals surface area contributed by atoms with Crippen molar-refractivity contribution in [3.8, 4) is 0 Å². The molecule has 0 aromatic heterocycles. The Morgan fingerprint density at radius 3 is 2.07 bits per heavy atom. The van der Waals surface area contributed by atoms with Gasteiger partial charge in [0.25, 0.3) is 12.0 Å².